The molecular formula is C14H19N3O3. The number of likely N-dealkylation sites (tertiary alicyclic amines) is 1. The Hall–Kier alpha value is -1.98. The van der Waals surface area contributed by atoms with E-state index in [0.717, 1.165) is 0 Å². The van der Waals surface area contributed by atoms with Gasteiger partial charge in [-0.15, -0.1) is 0 Å². The molecule has 108 valence electrons. The molecule has 1 fully saturated rings. The van der Waals surface area contributed by atoms with Crippen molar-refractivity contribution in [3.63, 3.8) is 0 Å². The van der Waals surface area contributed by atoms with Crippen LogP contribution in [-0.4, -0.2) is 38.4 Å². The van der Waals surface area contributed by atoms with E-state index in [1.165, 1.54) is 0 Å². The Labute approximate surface area is 117 Å². The average Bonchev–Trinajstić information content (AvgIpc) is 2.57. The highest BCUT2D eigenvalue weighted by molar-refractivity contribution is 5.79. The number of aromatic nitrogens is 2. The van der Waals surface area contributed by atoms with Crippen LogP contribution in [0, 0.1) is 12.8 Å². The number of carbonyl (C=O) groups excluding carboxylic acids is 1. The molecule has 2 heterocycles. The summed E-state index contributed by atoms with van der Waals surface area (Å²) in [5.41, 5.74) is 0.613. The Balaban J connectivity index is 2.48. The molecule has 2 atom stereocenters. The zero-order chi connectivity index (χ0) is 14.7. The quantitative estimate of drug-likeness (QED) is 0.906. The standard InChI is InChI=1S/C14H19N3O3/c1-3-17-12(18)6-4-5-10(14(19)20)13(17)11-7-8-15-9(2)16-11/h7-8,10,13H,3-6H2,1-2H3,(H,19,20). The van der Waals surface area contributed by atoms with Crippen molar-refractivity contribution in [1.29, 1.82) is 0 Å². The Kier molecular flexibility index (Phi) is 4.32. The third-order valence-electron chi connectivity index (χ3n) is 3.70. The Morgan fingerprint density at radius 3 is 2.90 bits per heavy atom. The van der Waals surface area contributed by atoms with Gasteiger partial charge in [0.1, 0.15) is 5.82 Å². The molecule has 1 amide bonds. The Morgan fingerprint density at radius 1 is 1.55 bits per heavy atom. The van der Waals surface area contributed by atoms with Crippen LogP contribution in [0.5, 0.6) is 0 Å². The highest BCUT2D eigenvalue weighted by Gasteiger charge is 2.38. The number of nitrogens with zero attached hydrogens (tertiary/aromatic N) is 3. The number of carboxylic acids is 1. The van der Waals surface area contributed by atoms with Crippen LogP contribution in [0.15, 0.2) is 12.3 Å². The van der Waals surface area contributed by atoms with Gasteiger partial charge in [-0.25, -0.2) is 9.97 Å². The summed E-state index contributed by atoms with van der Waals surface area (Å²) in [7, 11) is 0. The lowest BCUT2D eigenvalue weighted by Gasteiger charge is -2.32. The predicted octanol–water partition coefficient (Wildman–Crippen LogP) is 1.56. The van der Waals surface area contributed by atoms with Crippen LogP contribution in [0.1, 0.15) is 43.7 Å². The van der Waals surface area contributed by atoms with Crippen LogP contribution >= 0.6 is 0 Å². The lowest BCUT2D eigenvalue weighted by Crippen LogP contribution is -2.39. The molecule has 6 nitrogen and oxygen atoms in total. The van der Waals surface area contributed by atoms with E-state index >= 15 is 0 Å². The Morgan fingerprint density at radius 2 is 2.30 bits per heavy atom. The SMILES string of the molecule is CCN1C(=O)CCCC(C(=O)O)C1c1ccnc(C)n1. The second-order valence-corrected chi connectivity index (χ2v) is 4.99. The number of carboxylic acid groups (broad SMARTS) is 1. The summed E-state index contributed by atoms with van der Waals surface area (Å²) in [6.07, 6.45) is 3.11. The van der Waals surface area contributed by atoms with Crippen molar-refractivity contribution in [2.75, 3.05) is 6.54 Å². The van der Waals surface area contributed by atoms with Crippen molar-refractivity contribution in [2.24, 2.45) is 5.92 Å². The normalized spacial score (nSPS) is 23.5. The minimum absolute atomic E-state index is 0.00230. The fraction of sp³-hybridized carbons (Fsp3) is 0.571. The van der Waals surface area contributed by atoms with Crippen molar-refractivity contribution < 1.29 is 14.7 Å². The van der Waals surface area contributed by atoms with Crippen molar-refractivity contribution in [3.8, 4) is 0 Å². The van der Waals surface area contributed by atoms with Gasteiger partial charge in [0.05, 0.1) is 17.7 Å². The van der Waals surface area contributed by atoms with Gasteiger partial charge < -0.3 is 10.0 Å². The molecule has 1 aliphatic heterocycles. The molecule has 1 aliphatic rings. The smallest absolute Gasteiger partial charge is 0.309 e. The molecule has 1 aromatic rings. The second kappa shape index (κ2) is 5.98. The fourth-order valence-corrected chi connectivity index (χ4v) is 2.78. The number of rotatable bonds is 3. The van der Waals surface area contributed by atoms with E-state index in [4.69, 9.17) is 0 Å². The zero-order valence-corrected chi connectivity index (χ0v) is 11.7. The fourth-order valence-electron chi connectivity index (χ4n) is 2.78. The van der Waals surface area contributed by atoms with Crippen LogP contribution in [0.2, 0.25) is 0 Å². The van der Waals surface area contributed by atoms with Crippen LogP contribution in [0.3, 0.4) is 0 Å². The first kappa shape index (κ1) is 14.4. The van der Waals surface area contributed by atoms with Crippen LogP contribution in [0.25, 0.3) is 0 Å². The summed E-state index contributed by atoms with van der Waals surface area (Å²) in [6, 6.07) is 1.20. The second-order valence-electron chi connectivity index (χ2n) is 4.99. The van der Waals surface area contributed by atoms with Crippen LogP contribution in [-0.2, 0) is 9.59 Å². The summed E-state index contributed by atoms with van der Waals surface area (Å²) in [6.45, 7) is 4.10. The van der Waals surface area contributed by atoms with Gasteiger partial charge >= 0.3 is 5.97 Å². The van der Waals surface area contributed by atoms with Gasteiger partial charge in [-0.1, -0.05) is 0 Å². The summed E-state index contributed by atoms with van der Waals surface area (Å²) < 4.78 is 0. The number of amides is 1. The minimum Gasteiger partial charge on any atom is -0.481 e. The van der Waals surface area contributed by atoms with Crippen molar-refractivity contribution >= 4 is 11.9 Å². The number of hydrogen-bond acceptors (Lipinski definition) is 4. The molecule has 20 heavy (non-hydrogen) atoms. The van der Waals surface area contributed by atoms with Crippen LogP contribution < -0.4 is 0 Å². The van der Waals surface area contributed by atoms with E-state index in [1.54, 1.807) is 24.1 Å². The topological polar surface area (TPSA) is 83.4 Å². The minimum atomic E-state index is -0.876. The summed E-state index contributed by atoms with van der Waals surface area (Å²) in [4.78, 5) is 33.7. The highest BCUT2D eigenvalue weighted by atomic mass is 16.4. The molecule has 0 saturated carbocycles. The molecule has 2 unspecified atom stereocenters. The Bertz CT molecular complexity index is 516. The maximum absolute atomic E-state index is 12.2. The van der Waals surface area contributed by atoms with Crippen LogP contribution in [0.4, 0.5) is 0 Å². The van der Waals surface area contributed by atoms with Gasteiger partial charge in [-0.05, 0) is 32.8 Å². The van der Waals surface area contributed by atoms with Crippen molar-refractivity contribution in [1.82, 2.24) is 14.9 Å². The first-order valence-corrected chi connectivity index (χ1v) is 6.86. The van der Waals surface area contributed by atoms with E-state index in [9.17, 15) is 14.7 Å². The molecule has 0 aliphatic carbocycles. The molecule has 0 radical (unpaired) electrons. The van der Waals surface area contributed by atoms with Gasteiger partial charge in [-0.3, -0.25) is 9.59 Å². The summed E-state index contributed by atoms with van der Waals surface area (Å²) >= 11 is 0. The molecular weight excluding hydrogens is 258 g/mol. The first-order valence-electron chi connectivity index (χ1n) is 6.86. The molecule has 1 N–H and O–H groups in total. The van der Waals surface area contributed by atoms with E-state index in [1.807, 2.05) is 6.92 Å². The first-order chi connectivity index (χ1) is 9.54. The molecule has 0 aromatic carbocycles. The zero-order valence-electron chi connectivity index (χ0n) is 11.7. The van der Waals surface area contributed by atoms with E-state index in [0.29, 0.717) is 37.3 Å². The van der Waals surface area contributed by atoms with Crippen molar-refractivity contribution in [2.45, 2.75) is 39.2 Å². The van der Waals surface area contributed by atoms with E-state index < -0.39 is 17.9 Å². The lowest BCUT2D eigenvalue weighted by molar-refractivity contribution is -0.146. The van der Waals surface area contributed by atoms with Gasteiger partial charge in [-0.2, -0.15) is 0 Å². The largest absolute Gasteiger partial charge is 0.481 e. The molecule has 1 saturated heterocycles. The van der Waals surface area contributed by atoms with E-state index in [2.05, 4.69) is 9.97 Å². The molecule has 1 aromatic heterocycles. The number of hydrogen-bond donors (Lipinski definition) is 1. The lowest BCUT2D eigenvalue weighted by atomic mass is 9.92. The highest BCUT2D eigenvalue weighted by Crippen LogP contribution is 2.34. The average molecular weight is 277 g/mol. The van der Waals surface area contributed by atoms with Gasteiger partial charge in [0.15, 0.2) is 0 Å². The molecule has 0 spiro atoms. The maximum atomic E-state index is 12.2. The summed E-state index contributed by atoms with van der Waals surface area (Å²) in [5.74, 6) is -0.910. The van der Waals surface area contributed by atoms with Gasteiger partial charge in [0, 0.05) is 19.2 Å². The molecule has 0 bridgehead atoms. The maximum Gasteiger partial charge on any atom is 0.309 e. The van der Waals surface area contributed by atoms with Gasteiger partial charge in [0.2, 0.25) is 5.91 Å². The third-order valence-corrected chi connectivity index (χ3v) is 3.70. The number of carbonyl (C=O) groups is 2. The molecule has 2 rings (SSSR count). The van der Waals surface area contributed by atoms with E-state index in [-0.39, 0.29) is 5.91 Å². The monoisotopic (exact) mass is 277 g/mol. The molecule has 6 heteroatoms. The number of aliphatic carboxylic acids is 1. The predicted molar refractivity (Wildman–Crippen MR) is 71.9 cm³/mol. The number of aryl methyl sites for hydroxylation is 1. The van der Waals surface area contributed by atoms with Crippen molar-refractivity contribution in [3.05, 3.63) is 23.8 Å². The van der Waals surface area contributed by atoms with Gasteiger partial charge in [0.25, 0.3) is 0 Å². The third kappa shape index (κ3) is 2.79. The summed E-state index contributed by atoms with van der Waals surface area (Å²) in [5, 5.41) is 9.48.